The average molecular weight is 253 g/mol. The van der Waals surface area contributed by atoms with E-state index in [4.69, 9.17) is 4.74 Å². The summed E-state index contributed by atoms with van der Waals surface area (Å²) in [7, 11) is 2.03. The number of nitrogens with one attached hydrogen (secondary N) is 1. The van der Waals surface area contributed by atoms with Crippen LogP contribution in [-0.2, 0) is 17.7 Å². The van der Waals surface area contributed by atoms with Gasteiger partial charge in [0, 0.05) is 44.6 Å². The molecule has 104 valence electrons. The molecule has 0 aromatic carbocycles. The van der Waals surface area contributed by atoms with Gasteiger partial charge in [0.25, 0.3) is 0 Å². The van der Waals surface area contributed by atoms with E-state index in [2.05, 4.69) is 28.0 Å². The van der Waals surface area contributed by atoms with Gasteiger partial charge in [-0.15, -0.1) is 0 Å². The van der Waals surface area contributed by atoms with Crippen molar-refractivity contribution in [1.29, 1.82) is 0 Å². The van der Waals surface area contributed by atoms with Crippen LogP contribution < -0.4 is 5.32 Å². The Morgan fingerprint density at radius 1 is 1.44 bits per heavy atom. The molecule has 0 radical (unpaired) electrons. The molecular formula is C14H27N3O. The largest absolute Gasteiger partial charge is 0.382 e. The summed E-state index contributed by atoms with van der Waals surface area (Å²) in [6.45, 7) is 6.96. The van der Waals surface area contributed by atoms with Crippen molar-refractivity contribution in [2.24, 2.45) is 0 Å². The van der Waals surface area contributed by atoms with Crippen molar-refractivity contribution >= 4 is 0 Å². The Hall–Kier alpha value is -0.870. The lowest BCUT2D eigenvalue weighted by atomic mass is 10.1. The van der Waals surface area contributed by atoms with Crippen LogP contribution in [-0.4, -0.2) is 35.9 Å². The third kappa shape index (κ3) is 5.19. The van der Waals surface area contributed by atoms with E-state index in [0.29, 0.717) is 6.04 Å². The highest BCUT2D eigenvalue weighted by Gasteiger charge is 2.11. The van der Waals surface area contributed by atoms with Gasteiger partial charge in [-0.25, -0.2) is 4.98 Å². The fraction of sp³-hybridized carbons (Fsp3) is 0.786. The van der Waals surface area contributed by atoms with Gasteiger partial charge in [-0.05, 0) is 33.2 Å². The van der Waals surface area contributed by atoms with E-state index >= 15 is 0 Å². The maximum atomic E-state index is 5.38. The molecule has 1 aromatic rings. The molecule has 0 fully saturated rings. The lowest BCUT2D eigenvalue weighted by Gasteiger charge is -2.16. The second kappa shape index (κ2) is 9.11. The second-order valence-electron chi connectivity index (χ2n) is 4.57. The lowest BCUT2D eigenvalue weighted by molar-refractivity contribution is 0.141. The molecule has 1 atom stereocenters. The maximum absolute atomic E-state index is 5.38. The van der Waals surface area contributed by atoms with Crippen LogP contribution in [0.2, 0.25) is 0 Å². The molecule has 0 aliphatic heterocycles. The van der Waals surface area contributed by atoms with Gasteiger partial charge in [0.05, 0.1) is 0 Å². The standard InChI is InChI=1S/C14H27N3O/c1-4-9-17-10-8-16-14(17)12-13(15-3)7-6-11-18-5-2/h8,10,13,15H,4-7,9,11-12H2,1-3H3. The van der Waals surface area contributed by atoms with Gasteiger partial charge in [0.1, 0.15) is 5.82 Å². The molecule has 1 rings (SSSR count). The minimum absolute atomic E-state index is 0.489. The normalized spacial score (nSPS) is 12.8. The fourth-order valence-corrected chi connectivity index (χ4v) is 2.12. The highest BCUT2D eigenvalue weighted by Crippen LogP contribution is 2.07. The molecule has 4 heteroatoms. The van der Waals surface area contributed by atoms with Gasteiger partial charge in [0.15, 0.2) is 0 Å². The molecule has 1 unspecified atom stereocenters. The predicted molar refractivity (Wildman–Crippen MR) is 74.8 cm³/mol. The molecule has 0 saturated carbocycles. The summed E-state index contributed by atoms with van der Waals surface area (Å²) in [5.74, 6) is 1.19. The van der Waals surface area contributed by atoms with Crippen LogP contribution >= 0.6 is 0 Å². The van der Waals surface area contributed by atoms with Crippen LogP contribution in [0.3, 0.4) is 0 Å². The molecule has 1 N–H and O–H groups in total. The third-order valence-corrected chi connectivity index (χ3v) is 3.15. The van der Waals surface area contributed by atoms with Crippen molar-refractivity contribution in [1.82, 2.24) is 14.9 Å². The predicted octanol–water partition coefficient (Wildman–Crippen LogP) is 2.24. The first-order chi connectivity index (χ1) is 8.81. The number of aromatic nitrogens is 2. The van der Waals surface area contributed by atoms with Gasteiger partial charge < -0.3 is 14.6 Å². The quantitative estimate of drug-likeness (QED) is 0.650. The zero-order chi connectivity index (χ0) is 13.2. The number of hydrogen-bond acceptors (Lipinski definition) is 3. The first-order valence-electron chi connectivity index (χ1n) is 7.06. The molecule has 0 bridgehead atoms. The highest BCUT2D eigenvalue weighted by atomic mass is 16.5. The first-order valence-corrected chi connectivity index (χ1v) is 7.06. The second-order valence-corrected chi connectivity index (χ2v) is 4.57. The van der Waals surface area contributed by atoms with Crippen LogP contribution in [0.5, 0.6) is 0 Å². The molecule has 1 aromatic heterocycles. The van der Waals surface area contributed by atoms with Crippen LogP contribution in [0.15, 0.2) is 12.4 Å². The van der Waals surface area contributed by atoms with E-state index in [0.717, 1.165) is 45.4 Å². The Morgan fingerprint density at radius 2 is 2.28 bits per heavy atom. The number of nitrogens with zero attached hydrogens (tertiary/aromatic N) is 2. The molecule has 0 spiro atoms. The molecule has 0 aliphatic carbocycles. The maximum Gasteiger partial charge on any atom is 0.110 e. The Balaban J connectivity index is 2.39. The van der Waals surface area contributed by atoms with Crippen molar-refractivity contribution in [3.05, 3.63) is 18.2 Å². The fourth-order valence-electron chi connectivity index (χ4n) is 2.12. The zero-order valence-corrected chi connectivity index (χ0v) is 12.0. The summed E-state index contributed by atoms with van der Waals surface area (Å²) in [4.78, 5) is 4.46. The van der Waals surface area contributed by atoms with Crippen molar-refractivity contribution in [3.63, 3.8) is 0 Å². The van der Waals surface area contributed by atoms with E-state index in [9.17, 15) is 0 Å². The van der Waals surface area contributed by atoms with Crippen molar-refractivity contribution in [2.45, 2.75) is 52.1 Å². The lowest BCUT2D eigenvalue weighted by Crippen LogP contribution is -2.29. The van der Waals surface area contributed by atoms with Crippen molar-refractivity contribution < 1.29 is 4.74 Å². The molecule has 0 aliphatic rings. The van der Waals surface area contributed by atoms with Gasteiger partial charge >= 0.3 is 0 Å². The number of hydrogen-bond donors (Lipinski definition) is 1. The minimum atomic E-state index is 0.489. The van der Waals surface area contributed by atoms with Gasteiger partial charge in [0.2, 0.25) is 0 Å². The van der Waals surface area contributed by atoms with Crippen LogP contribution in [0.25, 0.3) is 0 Å². The molecule has 0 saturated heterocycles. The van der Waals surface area contributed by atoms with Gasteiger partial charge in [-0.2, -0.15) is 0 Å². The summed E-state index contributed by atoms with van der Waals surface area (Å²) in [5.41, 5.74) is 0. The topological polar surface area (TPSA) is 39.1 Å². The van der Waals surface area contributed by atoms with E-state index in [1.54, 1.807) is 0 Å². The third-order valence-electron chi connectivity index (χ3n) is 3.15. The summed E-state index contributed by atoms with van der Waals surface area (Å²) < 4.78 is 7.63. The molecule has 4 nitrogen and oxygen atoms in total. The van der Waals surface area contributed by atoms with E-state index in [1.165, 1.54) is 5.82 Å². The summed E-state index contributed by atoms with van der Waals surface area (Å²) in [6.07, 6.45) is 8.36. The Bertz CT molecular complexity index is 312. The van der Waals surface area contributed by atoms with E-state index < -0.39 is 0 Å². The highest BCUT2D eigenvalue weighted by molar-refractivity contribution is 4.95. The van der Waals surface area contributed by atoms with Crippen molar-refractivity contribution in [3.8, 4) is 0 Å². The van der Waals surface area contributed by atoms with Crippen LogP contribution in [0, 0.1) is 0 Å². The first kappa shape index (κ1) is 15.2. The monoisotopic (exact) mass is 253 g/mol. The Morgan fingerprint density at radius 3 is 2.94 bits per heavy atom. The smallest absolute Gasteiger partial charge is 0.110 e. The van der Waals surface area contributed by atoms with E-state index in [-0.39, 0.29) is 0 Å². The number of ether oxygens (including phenoxy) is 1. The SMILES string of the molecule is CCCn1ccnc1CC(CCCOCC)NC. The number of likely N-dealkylation sites (N-methyl/N-ethyl adjacent to an activating group) is 1. The van der Waals surface area contributed by atoms with Gasteiger partial charge in [-0.1, -0.05) is 6.92 Å². The van der Waals surface area contributed by atoms with Crippen LogP contribution in [0.4, 0.5) is 0 Å². The Kier molecular flexibility index (Phi) is 7.69. The summed E-state index contributed by atoms with van der Waals surface area (Å²) in [6, 6.07) is 0.489. The molecular weight excluding hydrogens is 226 g/mol. The van der Waals surface area contributed by atoms with E-state index in [1.807, 2.05) is 20.2 Å². The number of rotatable bonds is 10. The molecule has 18 heavy (non-hydrogen) atoms. The summed E-state index contributed by atoms with van der Waals surface area (Å²) in [5, 5.41) is 3.38. The number of aryl methyl sites for hydroxylation is 1. The van der Waals surface area contributed by atoms with Gasteiger partial charge in [-0.3, -0.25) is 0 Å². The molecule has 0 amide bonds. The molecule has 1 heterocycles. The van der Waals surface area contributed by atoms with Crippen LogP contribution in [0.1, 0.15) is 38.9 Å². The average Bonchev–Trinajstić information content (AvgIpc) is 2.81. The zero-order valence-electron chi connectivity index (χ0n) is 12.0. The van der Waals surface area contributed by atoms with Crippen molar-refractivity contribution in [2.75, 3.05) is 20.3 Å². The Labute approximate surface area is 111 Å². The minimum Gasteiger partial charge on any atom is -0.382 e. The summed E-state index contributed by atoms with van der Waals surface area (Å²) >= 11 is 0. The number of imidazole rings is 1.